The highest BCUT2D eigenvalue weighted by Gasteiger charge is 2.54. The highest BCUT2D eigenvalue weighted by atomic mass is 32.2. The Hall–Kier alpha value is -12.9. The van der Waals surface area contributed by atoms with Gasteiger partial charge >= 0.3 is 6.18 Å². The number of fused-ring (bicyclic) bond motifs is 8. The van der Waals surface area contributed by atoms with Crippen molar-refractivity contribution in [3.8, 4) is 33.4 Å². The Balaban J connectivity index is 0.943. The molecule has 4 aliphatic rings. The van der Waals surface area contributed by atoms with Crippen molar-refractivity contribution in [2.24, 2.45) is 0 Å². The summed E-state index contributed by atoms with van der Waals surface area (Å²) in [6.45, 7) is -0.477. The van der Waals surface area contributed by atoms with Crippen molar-refractivity contribution >= 4 is 143 Å². The molecule has 5 nitrogen and oxygen atoms in total. The molecule has 0 aliphatic carbocycles. The molecule has 17 heteroatoms. The number of hydrogen-bond acceptors (Lipinski definition) is 6. The average molecular weight is 1460 g/mol. The van der Waals surface area contributed by atoms with Crippen molar-refractivity contribution in [3.05, 3.63) is 368 Å². The molecule has 0 bridgehead atoms. The molecule has 4 aliphatic heterocycles. The molecule has 109 heavy (non-hydrogen) atoms. The van der Waals surface area contributed by atoms with Crippen molar-refractivity contribution in [2.45, 2.75) is 22.9 Å². The highest BCUT2D eigenvalue weighted by molar-refractivity contribution is 8.00. The predicted octanol–water partition coefficient (Wildman–Crippen LogP) is 22.6. The van der Waals surface area contributed by atoms with Crippen LogP contribution in [0.5, 0.6) is 0 Å². The predicted molar refractivity (Wildman–Crippen MR) is 426 cm³/mol. The fraction of sp³-hybridized carbons (Fsp3) is 0.0217. The zero-order chi connectivity index (χ0) is 74.1. The maximum atomic E-state index is 18.7. The maximum absolute atomic E-state index is 18.7. The molecule has 4 heterocycles. The average Bonchev–Trinajstić information content (AvgIpc) is 0.674. The van der Waals surface area contributed by atoms with Crippen molar-refractivity contribution < 1.29 is 39.5 Å². The lowest BCUT2D eigenvalue weighted by Gasteiger charge is -2.47. The number of alkyl halides is 3. The fourth-order valence-corrected chi connectivity index (χ4v) is 18.0. The van der Waals surface area contributed by atoms with Gasteiger partial charge in [0.25, 0.3) is 6.71 Å². The third-order valence-corrected chi connectivity index (χ3v) is 22.4. The van der Waals surface area contributed by atoms with Gasteiger partial charge in [-0.2, -0.15) is 13.2 Å². The van der Waals surface area contributed by atoms with E-state index in [1.807, 2.05) is 188 Å². The van der Waals surface area contributed by atoms with Gasteiger partial charge < -0.3 is 24.5 Å². The van der Waals surface area contributed by atoms with E-state index in [4.69, 9.17) is 0 Å². The molecule has 0 unspecified atom stereocenters. The molecule has 0 saturated carbocycles. The van der Waals surface area contributed by atoms with Gasteiger partial charge in [-0.15, -0.1) is 0 Å². The van der Waals surface area contributed by atoms with E-state index < -0.39 is 77.1 Å². The number of anilines is 15. The highest BCUT2D eigenvalue weighted by Crippen LogP contribution is 2.57. The summed E-state index contributed by atoms with van der Waals surface area (Å²) in [7, 11) is 0. The van der Waals surface area contributed by atoms with Gasteiger partial charge in [0.2, 0.25) is 6.71 Å². The lowest BCUT2D eigenvalue weighted by atomic mass is 9.30. The van der Waals surface area contributed by atoms with Crippen LogP contribution in [0.3, 0.4) is 0 Å². The van der Waals surface area contributed by atoms with Crippen molar-refractivity contribution in [1.29, 1.82) is 0 Å². The van der Waals surface area contributed by atoms with E-state index in [2.05, 4.69) is 0 Å². The van der Waals surface area contributed by atoms with Crippen LogP contribution in [-0.4, -0.2) is 13.4 Å². The number of para-hydroxylation sites is 7. The van der Waals surface area contributed by atoms with Gasteiger partial charge in [0.1, 0.15) is 52.0 Å². The molecule has 0 radical (unpaired) electrons. The smallest absolute Gasteiger partial charge is 0.310 e. The lowest BCUT2D eigenvalue weighted by molar-refractivity contribution is -0.139. The molecule has 0 atom stereocenters. The Morgan fingerprint density at radius 3 is 1.21 bits per heavy atom. The van der Waals surface area contributed by atoms with Crippen LogP contribution in [0.15, 0.2) is 331 Å². The van der Waals surface area contributed by atoms with Gasteiger partial charge in [-0.1, -0.05) is 230 Å². The van der Waals surface area contributed by atoms with Gasteiger partial charge in [-0.05, 0) is 177 Å². The first kappa shape index (κ1) is 66.8. The molecular weight excluding hydrogens is 1400 g/mol. The second-order valence-corrected chi connectivity index (χ2v) is 28.4. The zero-order valence-corrected chi connectivity index (χ0v) is 58.6. The molecule has 524 valence electrons. The molecule has 19 rings (SSSR count). The Morgan fingerprint density at radius 1 is 0.303 bits per heavy atom. The summed E-state index contributed by atoms with van der Waals surface area (Å²) >= 11 is 0.909. The number of benzene rings is 15. The Labute approximate surface area is 627 Å². The fourth-order valence-electron chi connectivity index (χ4n) is 16.7. The largest absolute Gasteiger partial charge is 0.419 e. The van der Waals surface area contributed by atoms with Crippen LogP contribution in [0.1, 0.15) is 11.1 Å². The topological polar surface area (TPSA) is 16.2 Å². The van der Waals surface area contributed by atoms with Crippen LogP contribution in [0.25, 0.3) is 33.4 Å². The van der Waals surface area contributed by atoms with E-state index >= 15 is 39.5 Å². The van der Waals surface area contributed by atoms with Crippen LogP contribution < -0.4 is 57.3 Å². The van der Waals surface area contributed by atoms with Crippen LogP contribution in [0, 0.1) is 41.8 Å². The standard InChI is InChI=1S/C92H56B2F9N5S/c1-55-22-18-31-66(60-27-10-4-11-28-60)86(55)108-80-51-64(105(61-29-12-5-13-30-61)88-71(95)34-19-35-72(88)96)50-79-84(80)93(67-32-14-16-40-77(67)106(79)89-73(97)36-20-37-74(89)98)69-54-70-91(83(87(69)108)92(101,102)103)109-82-53-65(52-81-85(82)94(70)68-33-15-17-41-78(68)107(81)90-75(99)38-21-39-76(90)100)104(62-46-42-58(43-47-62)56-23-6-2-7-24-56)63-48-44-59(45-49-63)57-25-8-3-9-26-57/h2-54H,1H3. The SMILES string of the molecule is Cc1cccc(-c2ccccc2)c1N1c2cc(N(c3ccccc3)c3c(F)cccc3F)cc3c2B(c2ccccc2N3c2c(F)cccc2F)c2cc3c(c(C(F)(F)F)c21)Sc1cc(N(c2ccc(-c4ccccc4)cc2)c2ccc(-c4ccccc4)cc2)cc2c1B3c1ccccc1N2c1c(F)cccc1F. The normalized spacial score (nSPS) is 12.9. The Kier molecular flexibility index (Phi) is 16.1. The first-order valence-corrected chi connectivity index (χ1v) is 36.3. The monoisotopic (exact) mass is 1460 g/mol. The summed E-state index contributed by atoms with van der Waals surface area (Å²) < 4.78 is 160. The minimum Gasteiger partial charge on any atom is -0.310 e. The van der Waals surface area contributed by atoms with E-state index in [9.17, 15) is 0 Å². The summed E-state index contributed by atoms with van der Waals surface area (Å²) in [5, 5.41) is 0. The van der Waals surface area contributed by atoms with E-state index in [0.717, 1.165) is 58.3 Å². The van der Waals surface area contributed by atoms with Crippen LogP contribution in [0.2, 0.25) is 0 Å². The van der Waals surface area contributed by atoms with E-state index in [1.54, 1.807) is 101 Å². The second-order valence-electron chi connectivity index (χ2n) is 27.4. The first-order chi connectivity index (χ1) is 53.2. The number of rotatable bonds is 12. The summed E-state index contributed by atoms with van der Waals surface area (Å²) in [5.41, 5.74) is 7.98. The molecule has 15 aromatic rings. The molecule has 0 amide bonds. The van der Waals surface area contributed by atoms with Gasteiger partial charge in [0, 0.05) is 66.5 Å². The number of hydrogen-bond donors (Lipinski definition) is 0. The molecular formula is C92H56B2F9N5S. The molecule has 0 aromatic heterocycles. The Bertz CT molecular complexity index is 6010. The van der Waals surface area contributed by atoms with E-state index in [0.29, 0.717) is 77.6 Å². The third kappa shape index (κ3) is 10.9. The first-order valence-electron chi connectivity index (χ1n) is 35.5. The molecule has 0 fully saturated rings. The minimum absolute atomic E-state index is 0.0191. The minimum atomic E-state index is -5.25. The van der Waals surface area contributed by atoms with Crippen LogP contribution in [-0.2, 0) is 6.18 Å². The summed E-state index contributed by atoms with van der Waals surface area (Å²) in [6.07, 6.45) is -5.25. The summed E-state index contributed by atoms with van der Waals surface area (Å²) in [5.74, 6) is -5.67. The Morgan fingerprint density at radius 2 is 0.706 bits per heavy atom. The summed E-state index contributed by atoms with van der Waals surface area (Å²) in [4.78, 5) is 8.09. The quantitative estimate of drug-likeness (QED) is 0.0889. The summed E-state index contributed by atoms with van der Waals surface area (Å²) in [6, 6.07) is 92.0. The zero-order valence-electron chi connectivity index (χ0n) is 57.8. The molecule has 0 N–H and O–H groups in total. The van der Waals surface area contributed by atoms with Gasteiger partial charge in [-0.25, -0.2) is 26.3 Å². The molecule has 15 aromatic carbocycles. The van der Waals surface area contributed by atoms with E-state index in [1.165, 1.54) is 40.1 Å². The van der Waals surface area contributed by atoms with Crippen molar-refractivity contribution in [3.63, 3.8) is 0 Å². The van der Waals surface area contributed by atoms with Crippen molar-refractivity contribution in [2.75, 3.05) is 24.5 Å². The number of aryl methyl sites for hydroxylation is 1. The maximum Gasteiger partial charge on any atom is 0.419 e. The molecule has 0 saturated heterocycles. The van der Waals surface area contributed by atoms with Gasteiger partial charge in [0.05, 0.1) is 22.6 Å². The van der Waals surface area contributed by atoms with Gasteiger partial charge in [0.15, 0.2) is 0 Å². The second kappa shape index (κ2) is 26.3. The van der Waals surface area contributed by atoms with Gasteiger partial charge in [-0.3, -0.25) is 0 Å². The van der Waals surface area contributed by atoms with Crippen molar-refractivity contribution in [1.82, 2.24) is 0 Å². The number of nitrogens with zero attached hydrogens (tertiary/aromatic N) is 5. The van der Waals surface area contributed by atoms with E-state index in [-0.39, 0.29) is 49.9 Å². The van der Waals surface area contributed by atoms with Crippen LogP contribution >= 0.6 is 11.8 Å². The number of halogens is 9. The van der Waals surface area contributed by atoms with Crippen LogP contribution in [0.4, 0.5) is 125 Å². The molecule has 0 spiro atoms. The third-order valence-electron chi connectivity index (χ3n) is 21.2. The lowest BCUT2D eigenvalue weighted by Crippen LogP contribution is -2.65.